The monoisotopic (exact) mass is 436 g/mol. The van der Waals surface area contributed by atoms with Gasteiger partial charge in [0.05, 0.1) is 18.7 Å². The van der Waals surface area contributed by atoms with Crippen molar-refractivity contribution in [1.29, 1.82) is 0 Å². The van der Waals surface area contributed by atoms with Crippen molar-refractivity contribution in [3.8, 4) is 5.75 Å². The number of rotatable bonds is 7. The maximum atomic E-state index is 12.6. The Hall–Kier alpha value is -4.02. The lowest BCUT2D eigenvalue weighted by atomic mass is 9.97. The molecule has 0 aliphatic carbocycles. The fourth-order valence-corrected chi connectivity index (χ4v) is 3.45. The van der Waals surface area contributed by atoms with E-state index in [1.165, 1.54) is 0 Å². The zero-order chi connectivity index (χ0) is 22.3. The molecule has 0 bridgehead atoms. The average Bonchev–Trinajstić information content (AvgIpc) is 2.83. The van der Waals surface area contributed by atoms with Gasteiger partial charge in [-0.25, -0.2) is 9.97 Å². The molecule has 1 aromatic carbocycles. The normalized spacial score (nSPS) is 14.1. The van der Waals surface area contributed by atoms with E-state index in [1.807, 2.05) is 24.3 Å². The second-order valence-corrected chi connectivity index (χ2v) is 7.18. The molecule has 32 heavy (non-hydrogen) atoms. The minimum Gasteiger partial charge on any atom is -0.495 e. The molecule has 2 aromatic heterocycles. The lowest BCUT2D eigenvalue weighted by Crippen LogP contribution is -2.37. The van der Waals surface area contributed by atoms with Crippen LogP contribution >= 0.6 is 0 Å². The molecule has 0 radical (unpaired) electrons. The number of nitrogen functional groups attached to an aromatic ring is 1. The van der Waals surface area contributed by atoms with Gasteiger partial charge >= 0.3 is 5.97 Å². The van der Waals surface area contributed by atoms with Crippen molar-refractivity contribution in [2.75, 3.05) is 36.1 Å². The second-order valence-electron chi connectivity index (χ2n) is 7.18. The summed E-state index contributed by atoms with van der Waals surface area (Å²) in [6.45, 7) is 1.29. The van der Waals surface area contributed by atoms with Crippen molar-refractivity contribution in [3.05, 3.63) is 48.5 Å². The largest absolute Gasteiger partial charge is 0.495 e. The van der Waals surface area contributed by atoms with E-state index in [4.69, 9.17) is 15.2 Å². The summed E-state index contributed by atoms with van der Waals surface area (Å²) in [6.07, 6.45) is 4.74. The Balaban J connectivity index is 1.33. The Labute approximate surface area is 185 Å². The first-order chi connectivity index (χ1) is 15.6. The number of piperidine rings is 1. The minimum atomic E-state index is -0.281. The summed E-state index contributed by atoms with van der Waals surface area (Å²) in [6, 6.07) is 9.12. The highest BCUT2D eigenvalue weighted by atomic mass is 16.5. The van der Waals surface area contributed by atoms with Gasteiger partial charge in [-0.05, 0) is 31.0 Å². The van der Waals surface area contributed by atoms with E-state index < -0.39 is 0 Å². The van der Waals surface area contributed by atoms with Crippen molar-refractivity contribution in [1.82, 2.24) is 24.9 Å². The van der Waals surface area contributed by atoms with Gasteiger partial charge in [0, 0.05) is 25.5 Å². The first-order valence-electron chi connectivity index (χ1n) is 10.2. The fraction of sp³-hybridized carbons (Fsp3) is 0.333. The number of benzene rings is 1. The van der Waals surface area contributed by atoms with E-state index in [2.05, 4.69) is 35.1 Å². The quantitative estimate of drug-likeness (QED) is 0.525. The van der Waals surface area contributed by atoms with Crippen molar-refractivity contribution >= 4 is 29.5 Å². The van der Waals surface area contributed by atoms with Gasteiger partial charge in [-0.15, -0.1) is 0 Å². The maximum absolute atomic E-state index is 12.6. The molecule has 0 spiro atoms. The smallest absolute Gasteiger partial charge is 0.309 e. The standard InChI is InChI=1S/C21H24N8O3/c1-31-16-6-3-2-5-15(16)25-20-27-17(26-19(22)28-20)13-32-18(30)14-7-11-29(12-8-14)21-23-9-4-10-24-21/h2-6,9-10,14H,7-8,11-13H2,1H3,(H3,22,25,26,27,28). The number of para-hydroxylation sites is 2. The highest BCUT2D eigenvalue weighted by molar-refractivity contribution is 5.72. The zero-order valence-corrected chi connectivity index (χ0v) is 17.6. The van der Waals surface area contributed by atoms with Gasteiger partial charge < -0.3 is 25.4 Å². The third kappa shape index (κ3) is 5.17. The number of nitrogens with one attached hydrogen (secondary N) is 1. The molecule has 0 amide bonds. The number of anilines is 4. The van der Waals surface area contributed by atoms with Crippen LogP contribution in [0.15, 0.2) is 42.7 Å². The Kier molecular flexibility index (Phi) is 6.54. The van der Waals surface area contributed by atoms with Crippen LogP contribution in [0.5, 0.6) is 5.75 Å². The van der Waals surface area contributed by atoms with Crippen LogP contribution < -0.4 is 20.7 Å². The van der Waals surface area contributed by atoms with Gasteiger partial charge in [0.2, 0.25) is 17.8 Å². The lowest BCUT2D eigenvalue weighted by molar-refractivity contribution is -0.150. The molecule has 11 heteroatoms. The van der Waals surface area contributed by atoms with Crippen LogP contribution in [0.2, 0.25) is 0 Å². The van der Waals surface area contributed by atoms with Crippen LogP contribution in [-0.4, -0.2) is 51.1 Å². The van der Waals surface area contributed by atoms with Crippen LogP contribution in [0.4, 0.5) is 23.5 Å². The molecule has 1 fully saturated rings. The average molecular weight is 436 g/mol. The number of hydrogen-bond donors (Lipinski definition) is 2. The van der Waals surface area contributed by atoms with Gasteiger partial charge in [0.15, 0.2) is 12.4 Å². The van der Waals surface area contributed by atoms with Crippen LogP contribution in [0.1, 0.15) is 18.7 Å². The summed E-state index contributed by atoms with van der Waals surface area (Å²) in [4.78, 5) is 35.6. The molecule has 0 saturated carbocycles. The maximum Gasteiger partial charge on any atom is 0.309 e. The van der Waals surface area contributed by atoms with Gasteiger partial charge in [-0.2, -0.15) is 15.0 Å². The third-order valence-corrected chi connectivity index (χ3v) is 5.06. The summed E-state index contributed by atoms with van der Waals surface area (Å²) in [5.41, 5.74) is 6.49. The van der Waals surface area contributed by atoms with E-state index in [9.17, 15) is 4.79 Å². The molecule has 1 aliphatic heterocycles. The first kappa shape index (κ1) is 21.2. The Morgan fingerprint density at radius 3 is 2.62 bits per heavy atom. The number of nitrogens with two attached hydrogens (primary N) is 1. The van der Waals surface area contributed by atoms with E-state index in [1.54, 1.807) is 25.6 Å². The Morgan fingerprint density at radius 1 is 1.12 bits per heavy atom. The Bertz CT molecular complexity index is 1060. The highest BCUT2D eigenvalue weighted by Gasteiger charge is 2.27. The number of ether oxygens (including phenoxy) is 2. The SMILES string of the molecule is COc1ccccc1Nc1nc(N)nc(COC(=O)C2CCN(c3ncccn3)CC2)n1. The van der Waals surface area contributed by atoms with Gasteiger partial charge in [-0.3, -0.25) is 4.79 Å². The highest BCUT2D eigenvalue weighted by Crippen LogP contribution is 2.26. The topological polar surface area (TPSA) is 141 Å². The summed E-state index contributed by atoms with van der Waals surface area (Å²) in [5, 5.41) is 3.05. The van der Waals surface area contributed by atoms with Crippen LogP contribution in [0.25, 0.3) is 0 Å². The van der Waals surface area contributed by atoms with E-state index >= 15 is 0 Å². The molecule has 4 rings (SSSR count). The van der Waals surface area contributed by atoms with Crippen LogP contribution in [0, 0.1) is 5.92 Å². The molecule has 3 aromatic rings. The fourth-order valence-electron chi connectivity index (χ4n) is 3.45. The molecular formula is C21H24N8O3. The predicted octanol–water partition coefficient (Wildman–Crippen LogP) is 1.96. The van der Waals surface area contributed by atoms with Crippen molar-refractivity contribution in [2.45, 2.75) is 19.4 Å². The lowest BCUT2D eigenvalue weighted by Gasteiger charge is -2.30. The predicted molar refractivity (Wildman–Crippen MR) is 117 cm³/mol. The summed E-state index contributed by atoms with van der Waals surface area (Å²) < 4.78 is 10.8. The third-order valence-electron chi connectivity index (χ3n) is 5.06. The van der Waals surface area contributed by atoms with Crippen LogP contribution in [0.3, 0.4) is 0 Å². The van der Waals surface area contributed by atoms with Crippen molar-refractivity contribution < 1.29 is 14.3 Å². The van der Waals surface area contributed by atoms with E-state index in [0.717, 1.165) is 0 Å². The molecule has 166 valence electrons. The second kappa shape index (κ2) is 9.86. The number of hydrogen-bond acceptors (Lipinski definition) is 11. The molecular weight excluding hydrogens is 412 g/mol. The minimum absolute atomic E-state index is 0.0274. The molecule has 1 saturated heterocycles. The van der Waals surface area contributed by atoms with E-state index in [-0.39, 0.29) is 36.2 Å². The molecule has 3 heterocycles. The molecule has 11 nitrogen and oxygen atoms in total. The summed E-state index contributed by atoms with van der Waals surface area (Å²) >= 11 is 0. The summed E-state index contributed by atoms with van der Waals surface area (Å²) in [7, 11) is 1.57. The first-order valence-corrected chi connectivity index (χ1v) is 10.2. The van der Waals surface area contributed by atoms with Gasteiger partial charge in [0.25, 0.3) is 0 Å². The van der Waals surface area contributed by atoms with Gasteiger partial charge in [0.1, 0.15) is 5.75 Å². The number of nitrogens with zero attached hydrogens (tertiary/aromatic N) is 6. The van der Waals surface area contributed by atoms with Gasteiger partial charge in [-0.1, -0.05) is 12.1 Å². The molecule has 3 N–H and O–H groups in total. The molecule has 0 unspecified atom stereocenters. The van der Waals surface area contributed by atoms with Crippen molar-refractivity contribution in [2.24, 2.45) is 5.92 Å². The van der Waals surface area contributed by atoms with E-state index in [0.29, 0.717) is 43.3 Å². The number of esters is 1. The van der Waals surface area contributed by atoms with Crippen LogP contribution in [-0.2, 0) is 16.1 Å². The van der Waals surface area contributed by atoms with Crippen molar-refractivity contribution in [3.63, 3.8) is 0 Å². The number of carbonyl (C=O) groups excluding carboxylic acids is 1. The number of carbonyl (C=O) groups is 1. The number of methoxy groups -OCH3 is 1. The molecule has 1 aliphatic rings. The Morgan fingerprint density at radius 2 is 1.88 bits per heavy atom. The zero-order valence-electron chi connectivity index (χ0n) is 17.6. The summed E-state index contributed by atoms with van der Waals surface area (Å²) in [5.74, 6) is 1.36. The molecule has 0 atom stereocenters. The number of aromatic nitrogens is 5.